The van der Waals surface area contributed by atoms with E-state index in [9.17, 15) is 14.7 Å². The Bertz CT molecular complexity index is 924. The van der Waals surface area contributed by atoms with Crippen molar-refractivity contribution in [2.75, 3.05) is 13.7 Å². The zero-order valence-electron chi connectivity index (χ0n) is 14.2. The van der Waals surface area contributed by atoms with Gasteiger partial charge in [-0.3, -0.25) is 9.69 Å². The second-order valence-electron chi connectivity index (χ2n) is 5.58. The fourth-order valence-electron chi connectivity index (χ4n) is 2.23. The van der Waals surface area contributed by atoms with Crippen molar-refractivity contribution in [2.45, 2.75) is 0 Å². The molecule has 0 saturated carbocycles. The highest BCUT2D eigenvalue weighted by atomic mass is 35.5. The summed E-state index contributed by atoms with van der Waals surface area (Å²) in [5.41, 5.74) is 1.49. The van der Waals surface area contributed by atoms with Crippen molar-refractivity contribution >= 4 is 52.2 Å². The van der Waals surface area contributed by atoms with E-state index >= 15 is 0 Å². The maximum Gasteiger partial charge on any atom is 0.266 e. The average molecular weight is 402 g/mol. The second-order valence-corrected chi connectivity index (χ2v) is 7.02. The molecule has 3 rings (SSSR count). The Morgan fingerprint density at radius 2 is 1.89 bits per heavy atom. The van der Waals surface area contributed by atoms with E-state index in [2.05, 4.69) is 4.99 Å². The minimum absolute atomic E-state index is 0.148. The molecule has 6 nitrogen and oxygen atoms in total. The van der Waals surface area contributed by atoms with Crippen LogP contribution in [0, 0.1) is 0 Å². The zero-order valence-corrected chi connectivity index (χ0v) is 15.8. The summed E-state index contributed by atoms with van der Waals surface area (Å²) < 4.78 is 5.03. The van der Waals surface area contributed by atoms with Crippen molar-refractivity contribution in [3.05, 3.63) is 64.0 Å². The molecule has 1 aliphatic rings. The van der Waals surface area contributed by atoms with Crippen LogP contribution in [0.15, 0.2) is 58.4 Å². The van der Waals surface area contributed by atoms with Gasteiger partial charge in [-0.15, -0.1) is 0 Å². The monoisotopic (exact) mass is 401 g/mol. The van der Waals surface area contributed by atoms with E-state index in [1.54, 1.807) is 61.7 Å². The van der Waals surface area contributed by atoms with Crippen LogP contribution in [0.5, 0.6) is 5.75 Å². The number of aliphatic imine (C=N–C) groups is 1. The lowest BCUT2D eigenvalue weighted by atomic mass is 10.2. The fourth-order valence-corrected chi connectivity index (χ4v) is 3.34. The predicted octanol–water partition coefficient (Wildman–Crippen LogP) is 2.70. The van der Waals surface area contributed by atoms with Gasteiger partial charge in [0.2, 0.25) is 0 Å². The van der Waals surface area contributed by atoms with E-state index in [-0.39, 0.29) is 5.91 Å². The molecule has 1 saturated heterocycles. The normalized spacial score (nSPS) is 17.0. The second kappa shape index (κ2) is 8.28. The first kappa shape index (κ1) is 19.0. The van der Waals surface area contributed by atoms with Gasteiger partial charge in [-0.2, -0.15) is 0 Å². The third-order valence-corrected chi connectivity index (χ3v) is 4.90. The lowest BCUT2D eigenvalue weighted by Gasteiger charge is -2.07. The Morgan fingerprint density at radius 3 is 2.52 bits per heavy atom. The predicted molar refractivity (Wildman–Crippen MR) is 104 cm³/mol. The number of amidine groups is 1. The van der Waals surface area contributed by atoms with Gasteiger partial charge in [0.05, 0.1) is 16.6 Å². The van der Waals surface area contributed by atoms with Crippen LogP contribution in [-0.2, 0) is 9.59 Å². The Balaban J connectivity index is 1.75. The molecule has 0 N–H and O–H groups in total. The van der Waals surface area contributed by atoms with E-state index < -0.39 is 12.6 Å². The molecule has 1 amide bonds. The zero-order chi connectivity index (χ0) is 19.4. The summed E-state index contributed by atoms with van der Waals surface area (Å²) in [6.07, 6.45) is 1.75. The summed E-state index contributed by atoms with van der Waals surface area (Å²) in [4.78, 5) is 29.4. The largest absolute Gasteiger partial charge is 0.546 e. The van der Waals surface area contributed by atoms with Crippen LogP contribution < -0.4 is 9.84 Å². The van der Waals surface area contributed by atoms with Crippen LogP contribution in [0.3, 0.4) is 0 Å². The molecular weight excluding hydrogens is 388 g/mol. The van der Waals surface area contributed by atoms with Gasteiger partial charge in [-0.1, -0.05) is 23.7 Å². The average Bonchev–Trinajstić information content (AvgIpc) is 2.91. The molecule has 0 atom stereocenters. The van der Waals surface area contributed by atoms with Crippen LogP contribution >= 0.6 is 23.4 Å². The Morgan fingerprint density at radius 1 is 1.22 bits per heavy atom. The van der Waals surface area contributed by atoms with Crippen molar-refractivity contribution in [3.8, 4) is 5.75 Å². The van der Waals surface area contributed by atoms with E-state index in [1.807, 2.05) is 0 Å². The number of benzene rings is 2. The molecule has 27 heavy (non-hydrogen) atoms. The Kier molecular flexibility index (Phi) is 5.83. The van der Waals surface area contributed by atoms with E-state index in [4.69, 9.17) is 16.3 Å². The van der Waals surface area contributed by atoms with Crippen molar-refractivity contribution in [1.82, 2.24) is 4.90 Å². The number of aliphatic carboxylic acids is 1. The smallest absolute Gasteiger partial charge is 0.266 e. The molecular formula is C19H14ClN2O4S-. The number of carboxylic acid groups (broad SMARTS) is 1. The number of likely N-dealkylation sites (N-methyl/N-ethyl adjacent to an activating group) is 1. The molecule has 1 fully saturated rings. The van der Waals surface area contributed by atoms with E-state index in [0.29, 0.717) is 26.5 Å². The number of carbonyl (C=O) groups is 2. The third kappa shape index (κ3) is 4.90. The number of halogens is 1. The third-order valence-electron chi connectivity index (χ3n) is 3.59. The number of nitrogens with zero attached hydrogens (tertiary/aromatic N) is 2. The van der Waals surface area contributed by atoms with Crippen LogP contribution in [0.25, 0.3) is 6.08 Å². The number of hydrogen-bond donors (Lipinski definition) is 0. The number of carboxylic acids is 1. The van der Waals surface area contributed by atoms with Gasteiger partial charge in [-0.05, 0) is 59.8 Å². The summed E-state index contributed by atoms with van der Waals surface area (Å²) in [6, 6.07) is 13.8. The summed E-state index contributed by atoms with van der Waals surface area (Å²) >= 11 is 7.15. The SMILES string of the molecule is CN1C(=O)/C(=C/c2ccc(OCC(=O)[O-])cc2)SC1=Nc1ccc(Cl)cc1. The minimum Gasteiger partial charge on any atom is -0.546 e. The summed E-state index contributed by atoms with van der Waals surface area (Å²) in [5.74, 6) is -1.02. The van der Waals surface area contributed by atoms with Gasteiger partial charge >= 0.3 is 0 Å². The first-order valence-electron chi connectivity index (χ1n) is 7.87. The van der Waals surface area contributed by atoms with Crippen LogP contribution in [-0.4, -0.2) is 35.6 Å². The molecule has 0 spiro atoms. The highest BCUT2D eigenvalue weighted by Crippen LogP contribution is 2.33. The van der Waals surface area contributed by atoms with Gasteiger partial charge in [-0.25, -0.2) is 4.99 Å². The van der Waals surface area contributed by atoms with Crippen molar-refractivity contribution in [3.63, 3.8) is 0 Å². The number of rotatable bonds is 5. The Labute approximate surface area is 165 Å². The van der Waals surface area contributed by atoms with Gasteiger partial charge in [0.1, 0.15) is 12.4 Å². The number of amides is 1. The lowest BCUT2D eigenvalue weighted by Crippen LogP contribution is -2.28. The molecule has 0 bridgehead atoms. The molecule has 2 aromatic rings. The highest BCUT2D eigenvalue weighted by Gasteiger charge is 2.30. The van der Waals surface area contributed by atoms with Crippen LogP contribution in [0.2, 0.25) is 5.02 Å². The van der Waals surface area contributed by atoms with Crippen LogP contribution in [0.1, 0.15) is 5.56 Å². The minimum atomic E-state index is -1.29. The van der Waals surface area contributed by atoms with Gasteiger partial charge in [0.25, 0.3) is 5.91 Å². The van der Waals surface area contributed by atoms with Gasteiger partial charge in [0, 0.05) is 12.1 Å². The molecule has 0 aliphatic carbocycles. The maximum atomic E-state index is 12.4. The molecule has 0 aromatic heterocycles. The standard InChI is InChI=1S/C19H15ClN2O4S/c1-22-18(25)16(27-19(22)21-14-6-4-13(20)5-7-14)10-12-2-8-15(9-3-12)26-11-17(23)24/h2-10H,11H2,1H3,(H,23,24)/p-1/b16-10-,21-19?. The summed E-state index contributed by atoms with van der Waals surface area (Å²) in [5, 5.41) is 11.6. The summed E-state index contributed by atoms with van der Waals surface area (Å²) in [6.45, 7) is -0.510. The van der Waals surface area contributed by atoms with Gasteiger partial charge in [0.15, 0.2) is 5.17 Å². The van der Waals surface area contributed by atoms with E-state index in [0.717, 1.165) is 5.56 Å². The van der Waals surface area contributed by atoms with E-state index in [1.165, 1.54) is 16.7 Å². The van der Waals surface area contributed by atoms with Gasteiger partial charge < -0.3 is 14.6 Å². The summed E-state index contributed by atoms with van der Waals surface area (Å²) in [7, 11) is 1.67. The Hall–Kier alpha value is -2.77. The number of thioether (sulfide) groups is 1. The maximum absolute atomic E-state index is 12.4. The molecule has 138 valence electrons. The number of hydrogen-bond acceptors (Lipinski definition) is 6. The fraction of sp³-hybridized carbons (Fsp3) is 0.105. The van der Waals surface area contributed by atoms with Crippen molar-refractivity contribution in [2.24, 2.45) is 4.99 Å². The van der Waals surface area contributed by atoms with Crippen molar-refractivity contribution < 1.29 is 19.4 Å². The van der Waals surface area contributed by atoms with Crippen LogP contribution in [0.4, 0.5) is 5.69 Å². The number of carbonyl (C=O) groups excluding carboxylic acids is 2. The lowest BCUT2D eigenvalue weighted by molar-refractivity contribution is -0.307. The molecule has 2 aromatic carbocycles. The molecule has 1 heterocycles. The number of ether oxygens (including phenoxy) is 1. The molecule has 8 heteroatoms. The first-order chi connectivity index (χ1) is 12.9. The molecule has 1 aliphatic heterocycles. The molecule has 0 unspecified atom stereocenters. The topological polar surface area (TPSA) is 82.0 Å². The quantitative estimate of drug-likeness (QED) is 0.719. The molecule has 0 radical (unpaired) electrons. The highest BCUT2D eigenvalue weighted by molar-refractivity contribution is 8.18. The first-order valence-corrected chi connectivity index (χ1v) is 9.06. The van der Waals surface area contributed by atoms with Crippen molar-refractivity contribution in [1.29, 1.82) is 0 Å².